The lowest BCUT2D eigenvalue weighted by Gasteiger charge is -2.26. The number of amides is 3. The number of rotatable bonds is 17. The molecule has 0 aromatic heterocycles. The topological polar surface area (TPSA) is 177 Å². The molecule has 10 nitrogen and oxygen atoms in total. The largest absolute Gasteiger partial charge is 0.480 e. The molecule has 0 aliphatic carbocycles. The molecule has 4 atom stereocenters. The Hall–Kier alpha value is -2.98. The van der Waals surface area contributed by atoms with Crippen LogP contribution in [-0.4, -0.2) is 59.5 Å². The highest BCUT2D eigenvalue weighted by Crippen LogP contribution is 2.11. The van der Waals surface area contributed by atoms with Crippen molar-refractivity contribution in [2.24, 2.45) is 23.3 Å². The molecule has 208 valence electrons. The van der Waals surface area contributed by atoms with Gasteiger partial charge in [-0.25, -0.2) is 4.79 Å². The summed E-state index contributed by atoms with van der Waals surface area (Å²) in [6.07, 6.45) is 2.48. The van der Waals surface area contributed by atoms with Gasteiger partial charge in [-0.15, -0.1) is 0 Å². The molecule has 0 radical (unpaired) electrons. The van der Waals surface area contributed by atoms with Crippen LogP contribution >= 0.6 is 0 Å². The quantitative estimate of drug-likeness (QED) is 0.168. The Balaban J connectivity index is 2.96. The predicted molar refractivity (Wildman–Crippen MR) is 143 cm³/mol. The number of carboxylic acids is 1. The average molecular weight is 520 g/mol. The van der Waals surface area contributed by atoms with Crippen molar-refractivity contribution in [3.05, 3.63) is 35.9 Å². The van der Waals surface area contributed by atoms with E-state index < -0.39 is 47.9 Å². The second-order valence-corrected chi connectivity index (χ2v) is 10.4. The van der Waals surface area contributed by atoms with E-state index in [1.807, 2.05) is 58.0 Å². The number of unbranched alkanes of at least 4 members (excludes halogenated alkanes) is 1. The third-order valence-corrected chi connectivity index (χ3v) is 5.88. The van der Waals surface area contributed by atoms with Crippen molar-refractivity contribution in [3.8, 4) is 0 Å². The fourth-order valence-corrected chi connectivity index (χ4v) is 3.94. The number of nitrogens with two attached hydrogens (primary N) is 2. The standard InChI is InChI=1S/C27H45N5O5/c1-17(2)14-22(26(35)32-23(27(36)37)15-18(3)4)31-25(34)21(12-8-9-13-28)30-24(33)20(29)16-19-10-6-5-7-11-19/h5-7,10-11,17-18,20-23H,8-9,12-16,28-29H2,1-4H3,(H,30,33)(H,31,34)(H,32,35)(H,36,37). The summed E-state index contributed by atoms with van der Waals surface area (Å²) >= 11 is 0. The third kappa shape index (κ3) is 12.7. The Labute approximate surface area is 220 Å². The third-order valence-electron chi connectivity index (χ3n) is 5.88. The van der Waals surface area contributed by atoms with Gasteiger partial charge in [-0.2, -0.15) is 0 Å². The highest BCUT2D eigenvalue weighted by Gasteiger charge is 2.30. The van der Waals surface area contributed by atoms with Crippen LogP contribution in [0.5, 0.6) is 0 Å². The molecule has 4 unspecified atom stereocenters. The SMILES string of the molecule is CC(C)CC(NC(=O)C(CC(C)C)NC(=O)C(CCCCN)NC(=O)C(N)Cc1ccccc1)C(=O)O. The molecule has 3 amide bonds. The van der Waals surface area contributed by atoms with Crippen molar-refractivity contribution in [3.63, 3.8) is 0 Å². The minimum Gasteiger partial charge on any atom is -0.480 e. The maximum atomic E-state index is 13.3. The van der Waals surface area contributed by atoms with Gasteiger partial charge in [0.2, 0.25) is 17.7 Å². The summed E-state index contributed by atoms with van der Waals surface area (Å²) in [6, 6.07) is 5.57. The van der Waals surface area contributed by atoms with Crippen LogP contribution in [0.4, 0.5) is 0 Å². The summed E-state index contributed by atoms with van der Waals surface area (Å²) in [7, 11) is 0. The van der Waals surface area contributed by atoms with E-state index in [9.17, 15) is 24.3 Å². The number of nitrogens with one attached hydrogen (secondary N) is 3. The number of carbonyl (C=O) groups is 4. The molecule has 1 aromatic rings. The molecule has 0 aliphatic heterocycles. The summed E-state index contributed by atoms with van der Waals surface area (Å²) in [6.45, 7) is 7.98. The summed E-state index contributed by atoms with van der Waals surface area (Å²) in [5.41, 5.74) is 12.6. The molecule has 0 saturated heterocycles. The lowest BCUT2D eigenvalue weighted by Crippen LogP contribution is -2.57. The van der Waals surface area contributed by atoms with Gasteiger partial charge in [0, 0.05) is 0 Å². The molecule has 0 fully saturated rings. The molecule has 0 bridgehead atoms. The van der Waals surface area contributed by atoms with Gasteiger partial charge in [-0.1, -0.05) is 58.0 Å². The Kier molecular flexibility index (Phi) is 14.5. The van der Waals surface area contributed by atoms with Crippen LogP contribution in [-0.2, 0) is 25.6 Å². The Morgan fingerprint density at radius 1 is 0.784 bits per heavy atom. The molecule has 0 spiro atoms. The number of carboxylic acid groups (broad SMARTS) is 1. The molecule has 0 aliphatic rings. The number of aliphatic carboxylic acids is 1. The normalized spacial score (nSPS) is 14.5. The van der Waals surface area contributed by atoms with Gasteiger partial charge in [0.25, 0.3) is 0 Å². The molecule has 10 heteroatoms. The fourth-order valence-electron chi connectivity index (χ4n) is 3.94. The number of hydrogen-bond donors (Lipinski definition) is 6. The van der Waals surface area contributed by atoms with Crippen LogP contribution in [0, 0.1) is 11.8 Å². The first-order valence-electron chi connectivity index (χ1n) is 13.1. The van der Waals surface area contributed by atoms with Crippen LogP contribution in [0.15, 0.2) is 30.3 Å². The average Bonchev–Trinajstić information content (AvgIpc) is 2.82. The second-order valence-electron chi connectivity index (χ2n) is 10.4. The Morgan fingerprint density at radius 3 is 1.84 bits per heavy atom. The van der Waals surface area contributed by atoms with E-state index >= 15 is 0 Å². The summed E-state index contributed by atoms with van der Waals surface area (Å²) in [4.78, 5) is 50.7. The van der Waals surface area contributed by atoms with Crippen molar-refractivity contribution in [2.45, 2.75) is 90.4 Å². The highest BCUT2D eigenvalue weighted by atomic mass is 16.4. The summed E-state index contributed by atoms with van der Waals surface area (Å²) < 4.78 is 0. The zero-order valence-corrected chi connectivity index (χ0v) is 22.5. The van der Waals surface area contributed by atoms with Crippen LogP contribution in [0.25, 0.3) is 0 Å². The molecule has 1 aromatic carbocycles. The van der Waals surface area contributed by atoms with Crippen LogP contribution in [0.3, 0.4) is 0 Å². The van der Waals surface area contributed by atoms with Crippen LogP contribution < -0.4 is 27.4 Å². The van der Waals surface area contributed by atoms with E-state index in [4.69, 9.17) is 11.5 Å². The zero-order valence-electron chi connectivity index (χ0n) is 22.5. The first kappa shape index (κ1) is 32.0. The van der Waals surface area contributed by atoms with Gasteiger partial charge in [0.1, 0.15) is 18.1 Å². The fraction of sp³-hybridized carbons (Fsp3) is 0.630. The Morgan fingerprint density at radius 2 is 1.30 bits per heavy atom. The molecular weight excluding hydrogens is 474 g/mol. The van der Waals surface area contributed by atoms with Crippen molar-refractivity contribution in [1.82, 2.24) is 16.0 Å². The van der Waals surface area contributed by atoms with Crippen LogP contribution in [0.1, 0.15) is 65.4 Å². The van der Waals surface area contributed by atoms with Gasteiger partial charge in [-0.3, -0.25) is 14.4 Å². The van der Waals surface area contributed by atoms with Crippen molar-refractivity contribution >= 4 is 23.7 Å². The van der Waals surface area contributed by atoms with Gasteiger partial charge < -0.3 is 32.5 Å². The first-order chi connectivity index (χ1) is 17.4. The van der Waals surface area contributed by atoms with Gasteiger partial charge in [0.15, 0.2) is 0 Å². The number of benzene rings is 1. The first-order valence-corrected chi connectivity index (χ1v) is 13.1. The second kappa shape index (κ2) is 16.7. The molecule has 0 heterocycles. The van der Waals surface area contributed by atoms with E-state index in [0.717, 1.165) is 5.56 Å². The van der Waals surface area contributed by atoms with Crippen LogP contribution in [0.2, 0.25) is 0 Å². The van der Waals surface area contributed by atoms with Gasteiger partial charge in [-0.05, 0) is 62.5 Å². The van der Waals surface area contributed by atoms with E-state index in [1.54, 1.807) is 0 Å². The van der Waals surface area contributed by atoms with Gasteiger partial charge >= 0.3 is 5.97 Å². The molecule has 1 rings (SSSR count). The summed E-state index contributed by atoms with van der Waals surface area (Å²) in [5, 5.41) is 17.5. The maximum absolute atomic E-state index is 13.3. The van der Waals surface area contributed by atoms with E-state index in [2.05, 4.69) is 16.0 Å². The van der Waals surface area contributed by atoms with Crippen molar-refractivity contribution < 1.29 is 24.3 Å². The molecule has 37 heavy (non-hydrogen) atoms. The summed E-state index contributed by atoms with van der Waals surface area (Å²) in [5.74, 6) is -2.58. The maximum Gasteiger partial charge on any atom is 0.326 e. The Bertz CT molecular complexity index is 862. The predicted octanol–water partition coefficient (Wildman–Crippen LogP) is 1.32. The molecule has 0 saturated carbocycles. The number of hydrogen-bond acceptors (Lipinski definition) is 6. The molecular formula is C27H45N5O5. The smallest absolute Gasteiger partial charge is 0.326 e. The lowest BCUT2D eigenvalue weighted by atomic mass is 9.99. The molecule has 8 N–H and O–H groups in total. The zero-order chi connectivity index (χ0) is 28.0. The minimum absolute atomic E-state index is 0.0500. The minimum atomic E-state index is -1.13. The monoisotopic (exact) mass is 519 g/mol. The van der Waals surface area contributed by atoms with E-state index in [0.29, 0.717) is 38.6 Å². The van der Waals surface area contributed by atoms with Crippen molar-refractivity contribution in [2.75, 3.05) is 6.54 Å². The number of carbonyl (C=O) groups excluding carboxylic acids is 3. The lowest BCUT2D eigenvalue weighted by molar-refractivity contribution is -0.143. The van der Waals surface area contributed by atoms with E-state index in [-0.39, 0.29) is 18.3 Å². The van der Waals surface area contributed by atoms with Gasteiger partial charge in [0.05, 0.1) is 6.04 Å². The van der Waals surface area contributed by atoms with E-state index in [1.165, 1.54) is 0 Å². The van der Waals surface area contributed by atoms with Crippen molar-refractivity contribution in [1.29, 1.82) is 0 Å². The highest BCUT2D eigenvalue weighted by molar-refractivity contribution is 5.94.